The molecule has 0 aromatic carbocycles. The van der Waals surface area contributed by atoms with Crippen LogP contribution in [0.2, 0.25) is 0 Å². The number of ether oxygens (including phenoxy) is 1. The number of β-lactam (4-membered cyclic amide) rings is 1. The van der Waals surface area contributed by atoms with Crippen molar-refractivity contribution in [3.05, 3.63) is 0 Å². The molecule has 0 radical (unpaired) electrons. The van der Waals surface area contributed by atoms with Crippen LogP contribution in [-0.2, 0) is 24.6 Å². The molecular formula is C6H10N2O6S. The maximum Gasteiger partial charge on any atom is 0.362 e. The van der Waals surface area contributed by atoms with Crippen LogP contribution in [0.25, 0.3) is 0 Å². The maximum atomic E-state index is 11.3. The summed E-state index contributed by atoms with van der Waals surface area (Å²) >= 11 is 0. The molecule has 1 saturated heterocycles. The first-order valence-corrected chi connectivity index (χ1v) is 5.26. The first-order valence-electron chi connectivity index (χ1n) is 3.86. The van der Waals surface area contributed by atoms with Gasteiger partial charge in [-0.1, -0.05) is 0 Å². The number of nitrogens with one attached hydrogen (secondary N) is 1. The lowest BCUT2D eigenvalue weighted by molar-refractivity contribution is -0.179. The summed E-state index contributed by atoms with van der Waals surface area (Å²) in [6.07, 6.45) is 0. The van der Waals surface area contributed by atoms with Gasteiger partial charge in [-0.15, -0.1) is 0 Å². The van der Waals surface area contributed by atoms with Gasteiger partial charge in [0.1, 0.15) is 0 Å². The Hall–Kier alpha value is -1.19. The first kappa shape index (κ1) is 11.9. The van der Waals surface area contributed by atoms with E-state index in [9.17, 15) is 18.0 Å². The largest absolute Gasteiger partial charge is 0.362 e. The molecule has 0 saturated carbocycles. The highest BCUT2D eigenvalue weighted by atomic mass is 32.2. The predicted molar refractivity (Wildman–Crippen MR) is 46.8 cm³/mol. The monoisotopic (exact) mass is 238 g/mol. The Bertz CT molecular complexity index is 404. The molecule has 86 valence electrons. The van der Waals surface area contributed by atoms with Gasteiger partial charge in [-0.3, -0.25) is 14.1 Å². The van der Waals surface area contributed by atoms with Gasteiger partial charge in [0.15, 0.2) is 0 Å². The molecule has 0 aliphatic carbocycles. The molecule has 1 aliphatic rings. The molecule has 0 spiro atoms. The lowest BCUT2D eigenvalue weighted by atomic mass is 10.1. The van der Waals surface area contributed by atoms with Gasteiger partial charge < -0.3 is 10.1 Å². The second kappa shape index (κ2) is 3.43. The highest BCUT2D eigenvalue weighted by Gasteiger charge is 2.58. The van der Waals surface area contributed by atoms with Crippen molar-refractivity contribution in [1.82, 2.24) is 9.62 Å². The molecule has 1 atom stereocenters. The fourth-order valence-electron chi connectivity index (χ4n) is 1.22. The molecule has 1 aliphatic heterocycles. The molecule has 0 aromatic rings. The summed E-state index contributed by atoms with van der Waals surface area (Å²) in [4.78, 5) is 22.1. The molecule has 0 bridgehead atoms. The third-order valence-electron chi connectivity index (χ3n) is 1.94. The zero-order valence-corrected chi connectivity index (χ0v) is 8.87. The molecule has 9 heteroatoms. The van der Waals surface area contributed by atoms with Crippen LogP contribution in [-0.4, -0.2) is 48.5 Å². The number of carbonyl (C=O) groups is 2. The summed E-state index contributed by atoms with van der Waals surface area (Å²) in [6, 6.07) is 0. The van der Waals surface area contributed by atoms with E-state index in [-0.39, 0.29) is 4.31 Å². The lowest BCUT2D eigenvalue weighted by Gasteiger charge is -2.44. The Balaban J connectivity index is 2.86. The van der Waals surface area contributed by atoms with E-state index in [4.69, 9.17) is 9.29 Å². The number of hydrogen-bond donors (Lipinski definition) is 2. The van der Waals surface area contributed by atoms with Crippen LogP contribution < -0.4 is 5.32 Å². The predicted octanol–water partition coefficient (Wildman–Crippen LogP) is -1.89. The van der Waals surface area contributed by atoms with E-state index < -0.39 is 34.4 Å². The van der Waals surface area contributed by atoms with Crippen LogP contribution in [0, 0.1) is 0 Å². The highest BCUT2D eigenvalue weighted by Crippen LogP contribution is 2.25. The van der Waals surface area contributed by atoms with Crippen LogP contribution in [0.15, 0.2) is 0 Å². The summed E-state index contributed by atoms with van der Waals surface area (Å²) in [5, 5.41) is 2.17. The Morgan fingerprint density at radius 3 is 2.47 bits per heavy atom. The highest BCUT2D eigenvalue weighted by molar-refractivity contribution is 7.84. The zero-order valence-electron chi connectivity index (χ0n) is 8.05. The minimum atomic E-state index is -4.58. The van der Waals surface area contributed by atoms with Crippen molar-refractivity contribution in [3.8, 4) is 0 Å². The maximum absolute atomic E-state index is 11.3. The molecule has 0 aromatic heterocycles. The molecule has 1 fully saturated rings. The van der Waals surface area contributed by atoms with Crippen molar-refractivity contribution in [2.75, 3.05) is 13.7 Å². The molecule has 2 amide bonds. The molecule has 1 rings (SSSR count). The SMILES string of the molecule is CO[C@]1(NC(C)=O)CN(S(=O)(=O)O)C1=O. The van der Waals surface area contributed by atoms with Gasteiger partial charge in [-0.05, 0) is 0 Å². The number of nitrogens with zero attached hydrogens (tertiary/aromatic N) is 1. The van der Waals surface area contributed by atoms with E-state index in [2.05, 4.69) is 5.32 Å². The van der Waals surface area contributed by atoms with E-state index in [0.29, 0.717) is 0 Å². The van der Waals surface area contributed by atoms with Gasteiger partial charge in [0.05, 0.1) is 6.54 Å². The minimum Gasteiger partial charge on any atom is -0.349 e. The van der Waals surface area contributed by atoms with Crippen molar-refractivity contribution in [3.63, 3.8) is 0 Å². The van der Waals surface area contributed by atoms with Gasteiger partial charge in [-0.2, -0.15) is 8.42 Å². The Labute approximate surface area is 86.1 Å². The number of rotatable bonds is 3. The fraction of sp³-hybridized carbons (Fsp3) is 0.667. The fourth-order valence-corrected chi connectivity index (χ4v) is 1.92. The quantitative estimate of drug-likeness (QED) is 0.337. The van der Waals surface area contributed by atoms with E-state index in [1.807, 2.05) is 0 Å². The molecule has 2 N–H and O–H groups in total. The van der Waals surface area contributed by atoms with Crippen molar-refractivity contribution in [2.24, 2.45) is 0 Å². The van der Waals surface area contributed by atoms with Crippen molar-refractivity contribution in [1.29, 1.82) is 0 Å². The minimum absolute atomic E-state index is 0.201. The Morgan fingerprint density at radius 1 is 1.67 bits per heavy atom. The summed E-state index contributed by atoms with van der Waals surface area (Å²) < 4.78 is 34.7. The second-order valence-corrected chi connectivity index (χ2v) is 4.34. The molecule has 15 heavy (non-hydrogen) atoms. The molecule has 8 nitrogen and oxygen atoms in total. The number of carbonyl (C=O) groups excluding carboxylic acids is 2. The Morgan fingerprint density at radius 2 is 2.20 bits per heavy atom. The smallest absolute Gasteiger partial charge is 0.349 e. The summed E-state index contributed by atoms with van der Waals surface area (Å²) in [6.45, 7) is 0.713. The first-order chi connectivity index (χ1) is 6.73. The van der Waals surface area contributed by atoms with Gasteiger partial charge in [0.25, 0.3) is 5.91 Å². The van der Waals surface area contributed by atoms with Crippen LogP contribution >= 0.6 is 0 Å². The standard InChI is InChI=1S/C6H10N2O6S/c1-4(9)7-6(14-2)3-8(5(6)10)15(11,12)13/h3H2,1-2H3,(H,7,9)(H,11,12,13)/t6-/m1/s1. The third-order valence-corrected chi connectivity index (χ3v) is 2.80. The van der Waals surface area contributed by atoms with Crippen LogP contribution in [0.4, 0.5) is 0 Å². The van der Waals surface area contributed by atoms with E-state index in [1.54, 1.807) is 0 Å². The number of hydrogen-bond acceptors (Lipinski definition) is 5. The average Bonchev–Trinajstić information content (AvgIpc) is 2.08. The van der Waals surface area contributed by atoms with Crippen LogP contribution in [0.1, 0.15) is 6.92 Å². The topological polar surface area (TPSA) is 113 Å². The second-order valence-electron chi connectivity index (χ2n) is 3.00. The van der Waals surface area contributed by atoms with Gasteiger partial charge in [0, 0.05) is 14.0 Å². The van der Waals surface area contributed by atoms with Crippen molar-refractivity contribution >= 4 is 22.1 Å². The molecule has 1 heterocycles. The molecule has 0 unspecified atom stereocenters. The van der Waals surface area contributed by atoms with Gasteiger partial charge in [-0.25, -0.2) is 4.31 Å². The van der Waals surface area contributed by atoms with Crippen LogP contribution in [0.3, 0.4) is 0 Å². The normalized spacial score (nSPS) is 26.1. The third kappa shape index (κ3) is 1.94. The van der Waals surface area contributed by atoms with Gasteiger partial charge >= 0.3 is 10.3 Å². The number of amides is 2. The summed E-state index contributed by atoms with van der Waals surface area (Å²) in [7, 11) is -3.43. The molecular weight excluding hydrogens is 228 g/mol. The van der Waals surface area contributed by atoms with Gasteiger partial charge in [0.2, 0.25) is 11.6 Å². The van der Waals surface area contributed by atoms with E-state index in [0.717, 1.165) is 14.0 Å². The van der Waals surface area contributed by atoms with Crippen molar-refractivity contribution in [2.45, 2.75) is 12.6 Å². The summed E-state index contributed by atoms with van der Waals surface area (Å²) in [5.74, 6) is -1.57. The van der Waals surface area contributed by atoms with Crippen LogP contribution in [0.5, 0.6) is 0 Å². The van der Waals surface area contributed by atoms with E-state index in [1.165, 1.54) is 0 Å². The lowest BCUT2D eigenvalue weighted by Crippen LogP contribution is -2.75. The summed E-state index contributed by atoms with van der Waals surface area (Å²) in [5.41, 5.74) is -1.68. The number of methoxy groups -OCH3 is 1. The zero-order chi connectivity index (χ0) is 11.9. The van der Waals surface area contributed by atoms with Crippen molar-refractivity contribution < 1.29 is 27.3 Å². The van der Waals surface area contributed by atoms with E-state index >= 15 is 0 Å². The average molecular weight is 238 g/mol. The Kier molecular flexibility index (Phi) is 2.72.